The minimum Gasteiger partial charge on any atom is -0.376 e. The average Bonchev–Trinajstić information content (AvgIpc) is 3.58. The molecule has 0 bridgehead atoms. The summed E-state index contributed by atoms with van der Waals surface area (Å²) in [5.41, 5.74) is 5.20. The molecule has 1 aromatic heterocycles. The van der Waals surface area contributed by atoms with E-state index in [1.807, 2.05) is 55.5 Å². The lowest BCUT2D eigenvalue weighted by atomic mass is 10.0. The summed E-state index contributed by atoms with van der Waals surface area (Å²) >= 11 is 0. The molecule has 1 aliphatic carbocycles. The molecule has 1 heterocycles. The zero-order valence-corrected chi connectivity index (χ0v) is 18.0. The Balaban J connectivity index is 1.47. The number of pyridine rings is 1. The Hall–Kier alpha value is -3.93. The van der Waals surface area contributed by atoms with Crippen molar-refractivity contribution in [2.24, 2.45) is 0 Å². The maximum absolute atomic E-state index is 12.6. The van der Waals surface area contributed by atoms with Crippen LogP contribution in [0.1, 0.15) is 39.9 Å². The van der Waals surface area contributed by atoms with Gasteiger partial charge in [-0.1, -0.05) is 30.8 Å². The lowest BCUT2D eigenvalue weighted by Crippen LogP contribution is -2.21. The number of hydrogen-bond donors (Lipinski definition) is 3. The quantitative estimate of drug-likeness (QED) is 0.462. The summed E-state index contributed by atoms with van der Waals surface area (Å²) < 4.78 is 0. The highest BCUT2D eigenvalue weighted by molar-refractivity contribution is 6.04. The van der Waals surface area contributed by atoms with Gasteiger partial charge in [0.25, 0.3) is 5.91 Å². The number of benzene rings is 2. The number of aromatic nitrogens is 1. The molecule has 6 nitrogen and oxygen atoms in total. The minimum absolute atomic E-state index is 0.158. The van der Waals surface area contributed by atoms with E-state index >= 15 is 0 Å². The van der Waals surface area contributed by atoms with Crippen LogP contribution in [0.4, 0.5) is 11.4 Å². The first-order chi connectivity index (χ1) is 15.5. The van der Waals surface area contributed by atoms with E-state index in [1.54, 1.807) is 12.4 Å². The Bertz CT molecular complexity index is 1170. The lowest BCUT2D eigenvalue weighted by molar-refractivity contribution is -0.116. The van der Waals surface area contributed by atoms with Crippen LogP contribution in [0.3, 0.4) is 0 Å². The van der Waals surface area contributed by atoms with Gasteiger partial charge in [-0.2, -0.15) is 0 Å². The van der Waals surface area contributed by atoms with Crippen LogP contribution in [-0.4, -0.2) is 16.8 Å². The molecule has 0 unspecified atom stereocenters. The number of nitrogens with zero attached hydrogens (tertiary/aromatic N) is 1. The fourth-order valence-electron chi connectivity index (χ4n) is 3.68. The summed E-state index contributed by atoms with van der Waals surface area (Å²) in [5.74, 6) is -0.368. The van der Waals surface area contributed by atoms with Crippen molar-refractivity contribution >= 4 is 23.2 Å². The van der Waals surface area contributed by atoms with Crippen molar-refractivity contribution in [3.63, 3.8) is 0 Å². The highest BCUT2D eigenvalue weighted by atomic mass is 16.2. The van der Waals surface area contributed by atoms with Gasteiger partial charge < -0.3 is 16.0 Å². The van der Waals surface area contributed by atoms with E-state index in [0.29, 0.717) is 12.1 Å². The summed E-state index contributed by atoms with van der Waals surface area (Å²) in [6, 6.07) is 17.8. The first-order valence-corrected chi connectivity index (χ1v) is 10.6. The smallest absolute Gasteiger partial charge is 0.257 e. The highest BCUT2D eigenvalue weighted by Crippen LogP contribution is 2.48. The molecular formula is C26H26N4O2. The van der Waals surface area contributed by atoms with Gasteiger partial charge >= 0.3 is 0 Å². The average molecular weight is 427 g/mol. The molecule has 0 spiro atoms. The number of hydrogen-bond acceptors (Lipinski definition) is 4. The summed E-state index contributed by atoms with van der Waals surface area (Å²) in [7, 11) is 0. The van der Waals surface area contributed by atoms with Crippen molar-refractivity contribution in [3.05, 3.63) is 102 Å². The van der Waals surface area contributed by atoms with E-state index in [4.69, 9.17) is 0 Å². The maximum Gasteiger partial charge on any atom is 0.257 e. The summed E-state index contributed by atoms with van der Waals surface area (Å²) in [6.45, 7) is 5.83. The van der Waals surface area contributed by atoms with Crippen molar-refractivity contribution in [2.45, 2.75) is 31.8 Å². The van der Waals surface area contributed by atoms with Crippen molar-refractivity contribution in [2.75, 3.05) is 10.6 Å². The van der Waals surface area contributed by atoms with Gasteiger partial charge in [-0.15, -0.1) is 0 Å². The first kappa shape index (κ1) is 21.3. The second-order valence-corrected chi connectivity index (χ2v) is 8.12. The summed E-state index contributed by atoms with van der Waals surface area (Å²) in [5, 5.41) is 9.43. The predicted molar refractivity (Wildman–Crippen MR) is 126 cm³/mol. The Morgan fingerprint density at radius 2 is 1.84 bits per heavy atom. The monoisotopic (exact) mass is 426 g/mol. The van der Waals surface area contributed by atoms with E-state index in [9.17, 15) is 9.59 Å². The van der Waals surface area contributed by atoms with Gasteiger partial charge in [0, 0.05) is 30.3 Å². The first-order valence-electron chi connectivity index (χ1n) is 10.6. The van der Waals surface area contributed by atoms with Crippen molar-refractivity contribution < 1.29 is 9.59 Å². The molecule has 3 N–H and O–H groups in total. The summed E-state index contributed by atoms with van der Waals surface area (Å²) in [6.07, 6.45) is 6.57. The largest absolute Gasteiger partial charge is 0.376 e. The Morgan fingerprint density at radius 3 is 2.59 bits per heavy atom. The molecule has 0 saturated heterocycles. The molecule has 0 aliphatic heterocycles. The highest BCUT2D eigenvalue weighted by Gasteiger charge is 2.44. The van der Waals surface area contributed by atoms with Crippen LogP contribution in [-0.2, 0) is 16.9 Å². The van der Waals surface area contributed by atoms with Crippen LogP contribution in [0, 0.1) is 6.92 Å². The zero-order chi connectivity index (χ0) is 22.6. The number of rotatable bonds is 8. The molecule has 2 aromatic carbocycles. The topological polar surface area (TPSA) is 83.1 Å². The third-order valence-corrected chi connectivity index (χ3v) is 5.52. The standard InChI is InChI=1S/C26H26N4O2/c1-3-24(31)28-16-19-6-4-9-23(13-19)30-26(10-11-26)21-7-5-8-22(14-21)29-25(32)20-12-18(2)15-27-17-20/h3-9,12-15,17,30H,1,10-11,16H2,2H3,(H,28,31)(H,29,32). The third kappa shape index (κ3) is 5.03. The minimum atomic E-state index is -0.192. The van der Waals surface area contributed by atoms with Crippen LogP contribution >= 0.6 is 0 Å². The Labute approximate surface area is 187 Å². The van der Waals surface area contributed by atoms with Crippen LogP contribution in [0.2, 0.25) is 0 Å². The van der Waals surface area contributed by atoms with Crippen molar-refractivity contribution in [3.8, 4) is 0 Å². The molecule has 2 amide bonds. The van der Waals surface area contributed by atoms with Crippen molar-refractivity contribution in [1.29, 1.82) is 0 Å². The van der Waals surface area contributed by atoms with Gasteiger partial charge in [-0.05, 0) is 72.9 Å². The van der Waals surface area contributed by atoms with E-state index in [2.05, 4.69) is 33.6 Å². The number of amides is 2. The van der Waals surface area contributed by atoms with Crippen LogP contribution in [0.15, 0.2) is 79.6 Å². The predicted octanol–water partition coefficient (Wildman–Crippen LogP) is 4.55. The van der Waals surface area contributed by atoms with Gasteiger partial charge in [-0.25, -0.2) is 0 Å². The Kier molecular flexibility index (Phi) is 6.03. The van der Waals surface area contributed by atoms with Gasteiger partial charge in [0.2, 0.25) is 5.91 Å². The van der Waals surface area contributed by atoms with Crippen LogP contribution in [0.25, 0.3) is 0 Å². The molecule has 3 aromatic rings. The Morgan fingerprint density at radius 1 is 1.06 bits per heavy atom. The summed E-state index contributed by atoms with van der Waals surface area (Å²) in [4.78, 5) is 28.1. The van der Waals surface area contributed by atoms with Gasteiger partial charge in [0.15, 0.2) is 0 Å². The SMILES string of the molecule is C=CC(=O)NCc1cccc(NC2(c3cccc(NC(=O)c4cncc(C)c4)c3)CC2)c1. The second kappa shape index (κ2) is 9.06. The van der Waals surface area contributed by atoms with E-state index in [0.717, 1.165) is 40.9 Å². The normalized spacial score (nSPS) is 13.7. The molecular weight excluding hydrogens is 400 g/mol. The van der Waals surface area contributed by atoms with Crippen LogP contribution in [0.5, 0.6) is 0 Å². The van der Waals surface area contributed by atoms with Gasteiger partial charge in [0.1, 0.15) is 0 Å². The molecule has 6 heteroatoms. The molecule has 0 atom stereocenters. The van der Waals surface area contributed by atoms with E-state index < -0.39 is 0 Å². The fraction of sp³-hybridized carbons (Fsp3) is 0.192. The number of nitrogens with one attached hydrogen (secondary N) is 3. The number of anilines is 2. The molecule has 0 radical (unpaired) electrons. The fourth-order valence-corrected chi connectivity index (χ4v) is 3.68. The third-order valence-electron chi connectivity index (χ3n) is 5.52. The van der Waals surface area contributed by atoms with Crippen molar-refractivity contribution in [1.82, 2.24) is 10.3 Å². The molecule has 1 saturated carbocycles. The number of carbonyl (C=O) groups excluding carboxylic acids is 2. The second-order valence-electron chi connectivity index (χ2n) is 8.12. The molecule has 1 fully saturated rings. The maximum atomic E-state index is 12.6. The van der Waals surface area contributed by atoms with Gasteiger partial charge in [-0.3, -0.25) is 14.6 Å². The molecule has 1 aliphatic rings. The lowest BCUT2D eigenvalue weighted by Gasteiger charge is -2.21. The number of aryl methyl sites for hydroxylation is 1. The van der Waals surface area contributed by atoms with Gasteiger partial charge in [0.05, 0.1) is 11.1 Å². The van der Waals surface area contributed by atoms with Crippen LogP contribution < -0.4 is 16.0 Å². The number of carbonyl (C=O) groups is 2. The molecule has 32 heavy (non-hydrogen) atoms. The van der Waals surface area contributed by atoms with E-state index in [-0.39, 0.29) is 17.4 Å². The molecule has 162 valence electrons. The zero-order valence-electron chi connectivity index (χ0n) is 18.0. The molecule has 4 rings (SSSR count). The van der Waals surface area contributed by atoms with E-state index in [1.165, 1.54) is 6.08 Å².